The van der Waals surface area contributed by atoms with Crippen molar-refractivity contribution < 1.29 is 27.6 Å². The number of carbonyl (C=O) groups is 1. The summed E-state index contributed by atoms with van der Waals surface area (Å²) < 4.78 is 45.3. The van der Waals surface area contributed by atoms with Gasteiger partial charge in [0.15, 0.2) is 0 Å². The highest BCUT2D eigenvalue weighted by Crippen LogP contribution is 2.36. The third-order valence-corrected chi connectivity index (χ3v) is 5.89. The molecule has 0 radical (unpaired) electrons. The van der Waals surface area contributed by atoms with Crippen LogP contribution in [0.25, 0.3) is 0 Å². The van der Waals surface area contributed by atoms with E-state index in [0.29, 0.717) is 49.4 Å². The van der Waals surface area contributed by atoms with Crippen molar-refractivity contribution in [2.24, 2.45) is 0 Å². The van der Waals surface area contributed by atoms with E-state index >= 15 is 0 Å². The van der Waals surface area contributed by atoms with Crippen LogP contribution in [-0.2, 0) is 24.0 Å². The fraction of sp³-hybridized carbons (Fsp3) is 0.476. The molecule has 2 aliphatic rings. The van der Waals surface area contributed by atoms with E-state index < -0.39 is 28.4 Å². The Morgan fingerprint density at radius 2 is 1.89 bits per heavy atom. The highest BCUT2D eigenvalue weighted by Gasteiger charge is 2.34. The van der Waals surface area contributed by atoms with Crippen LogP contribution in [0.4, 0.5) is 35.4 Å². The Morgan fingerprint density at radius 3 is 2.51 bits per heavy atom. The summed E-state index contributed by atoms with van der Waals surface area (Å²) in [6.07, 6.45) is -4.74. The molecule has 1 aromatic heterocycles. The Balaban J connectivity index is 1.61. The minimum atomic E-state index is -4.74. The van der Waals surface area contributed by atoms with E-state index in [1.165, 1.54) is 0 Å². The molecular formula is C21H24F3N7O4. The molecule has 0 unspecified atom stereocenters. The minimum Gasteiger partial charge on any atom is -0.378 e. The van der Waals surface area contributed by atoms with E-state index in [2.05, 4.69) is 20.6 Å². The second kappa shape index (κ2) is 9.52. The van der Waals surface area contributed by atoms with Gasteiger partial charge >= 0.3 is 12.2 Å². The number of ether oxygens (including phenoxy) is 1. The number of urea groups is 1. The number of nitro benzene ring substituents is 1. The Hall–Kier alpha value is -3.68. The topological polar surface area (TPSA) is 126 Å². The van der Waals surface area contributed by atoms with Crippen LogP contribution in [0.3, 0.4) is 0 Å². The van der Waals surface area contributed by atoms with Crippen molar-refractivity contribution in [3.05, 3.63) is 50.7 Å². The molecule has 2 N–H and O–H groups in total. The first-order valence-corrected chi connectivity index (χ1v) is 10.9. The van der Waals surface area contributed by atoms with Crippen LogP contribution in [0, 0.1) is 10.1 Å². The third-order valence-electron chi connectivity index (χ3n) is 5.89. The van der Waals surface area contributed by atoms with Gasteiger partial charge in [0.05, 0.1) is 48.5 Å². The summed E-state index contributed by atoms with van der Waals surface area (Å²) >= 11 is 0. The van der Waals surface area contributed by atoms with Crippen LogP contribution < -0.4 is 10.6 Å². The molecule has 4 rings (SSSR count). The van der Waals surface area contributed by atoms with Gasteiger partial charge in [-0.2, -0.15) is 18.2 Å². The van der Waals surface area contributed by atoms with Crippen molar-refractivity contribution in [2.75, 3.05) is 44.0 Å². The molecule has 0 saturated carbocycles. The van der Waals surface area contributed by atoms with Gasteiger partial charge in [-0.25, -0.2) is 9.78 Å². The van der Waals surface area contributed by atoms with Crippen LogP contribution >= 0.6 is 0 Å². The van der Waals surface area contributed by atoms with Gasteiger partial charge in [-0.3, -0.25) is 10.1 Å². The van der Waals surface area contributed by atoms with Crippen molar-refractivity contribution in [3.63, 3.8) is 0 Å². The molecule has 35 heavy (non-hydrogen) atoms. The largest absolute Gasteiger partial charge is 0.416 e. The first kappa shape index (κ1) is 24.4. The standard InChI is InChI=1S/C21H24F3N7O4/c1-12(13-7-14(21(22,23)24)9-15(8-13)31(33)34)26-18-16-10-30(11-17(16)27-19(25-2)28-18)20(32)29-3-5-35-6-4-29/h7-9,12H,3-6,10-11H2,1-2H3,(H2,25,26,27,28)/t12-/m1/s1. The zero-order chi connectivity index (χ0) is 25.3. The van der Waals surface area contributed by atoms with Crippen LogP contribution in [-0.4, -0.2) is 64.1 Å². The number of hydrogen-bond acceptors (Lipinski definition) is 8. The third kappa shape index (κ3) is 5.21. The highest BCUT2D eigenvalue weighted by molar-refractivity contribution is 5.76. The maximum atomic E-state index is 13.3. The molecule has 0 bridgehead atoms. The van der Waals surface area contributed by atoms with Gasteiger partial charge < -0.3 is 25.2 Å². The van der Waals surface area contributed by atoms with E-state index in [4.69, 9.17) is 4.74 Å². The molecule has 2 amide bonds. The molecule has 1 aromatic carbocycles. The average Bonchev–Trinajstić information content (AvgIpc) is 3.27. The number of fused-ring (bicyclic) bond motifs is 1. The summed E-state index contributed by atoms with van der Waals surface area (Å²) in [5.41, 5.74) is -0.449. The van der Waals surface area contributed by atoms with Gasteiger partial charge in [0.2, 0.25) is 5.95 Å². The van der Waals surface area contributed by atoms with Crippen LogP contribution in [0.1, 0.15) is 35.3 Å². The van der Waals surface area contributed by atoms with Crippen LogP contribution in [0.5, 0.6) is 0 Å². The molecular weight excluding hydrogens is 471 g/mol. The number of rotatable bonds is 5. The number of halogens is 3. The summed E-state index contributed by atoms with van der Waals surface area (Å²) in [6, 6.07) is 1.56. The number of morpholine rings is 1. The Kier molecular flexibility index (Phi) is 6.65. The normalized spacial score (nSPS) is 16.6. The Morgan fingerprint density at radius 1 is 1.17 bits per heavy atom. The number of benzene rings is 1. The lowest BCUT2D eigenvalue weighted by molar-refractivity contribution is -0.385. The molecule has 2 aromatic rings. The van der Waals surface area contributed by atoms with Crippen LogP contribution in [0.15, 0.2) is 18.2 Å². The Labute approximate surface area is 198 Å². The zero-order valence-electron chi connectivity index (χ0n) is 19.1. The maximum Gasteiger partial charge on any atom is 0.416 e. The number of alkyl halides is 3. The number of carbonyl (C=O) groups excluding carboxylic acids is 1. The van der Waals surface area contributed by atoms with Crippen molar-refractivity contribution in [2.45, 2.75) is 32.2 Å². The first-order chi connectivity index (χ1) is 16.6. The molecule has 1 atom stereocenters. The van der Waals surface area contributed by atoms with Gasteiger partial charge in [0.1, 0.15) is 5.82 Å². The van der Waals surface area contributed by atoms with Gasteiger partial charge in [0.25, 0.3) is 5.69 Å². The van der Waals surface area contributed by atoms with Gasteiger partial charge in [-0.05, 0) is 18.6 Å². The lowest BCUT2D eigenvalue weighted by Crippen LogP contribution is -2.46. The van der Waals surface area contributed by atoms with Gasteiger partial charge in [0, 0.05) is 37.8 Å². The van der Waals surface area contributed by atoms with E-state index in [9.17, 15) is 28.1 Å². The molecule has 2 aliphatic heterocycles. The lowest BCUT2D eigenvalue weighted by atomic mass is 10.0. The van der Waals surface area contributed by atoms with Crippen LogP contribution in [0.2, 0.25) is 0 Å². The summed E-state index contributed by atoms with van der Waals surface area (Å²) in [6.45, 7) is 3.94. The van der Waals surface area contributed by atoms with Crippen molar-refractivity contribution in [1.82, 2.24) is 19.8 Å². The van der Waals surface area contributed by atoms with Gasteiger partial charge in [-0.15, -0.1) is 0 Å². The molecule has 11 nitrogen and oxygen atoms in total. The number of amides is 2. The fourth-order valence-electron chi connectivity index (χ4n) is 4.02. The number of aromatic nitrogens is 2. The minimum absolute atomic E-state index is 0.0733. The van der Waals surface area contributed by atoms with Crippen molar-refractivity contribution >= 4 is 23.5 Å². The lowest BCUT2D eigenvalue weighted by Gasteiger charge is -2.30. The fourth-order valence-corrected chi connectivity index (χ4v) is 4.02. The molecule has 1 saturated heterocycles. The second-order valence-electron chi connectivity index (χ2n) is 8.24. The number of non-ortho nitro benzene ring substituents is 1. The van der Waals surface area contributed by atoms with E-state index in [0.717, 1.165) is 12.1 Å². The van der Waals surface area contributed by atoms with E-state index in [1.807, 2.05) is 0 Å². The molecule has 0 spiro atoms. The highest BCUT2D eigenvalue weighted by atomic mass is 19.4. The molecule has 1 fully saturated rings. The number of nitrogens with zero attached hydrogens (tertiary/aromatic N) is 5. The smallest absolute Gasteiger partial charge is 0.378 e. The molecule has 3 heterocycles. The quantitative estimate of drug-likeness (QED) is 0.478. The number of anilines is 2. The molecule has 188 valence electrons. The summed E-state index contributed by atoms with van der Waals surface area (Å²) in [4.78, 5) is 35.5. The summed E-state index contributed by atoms with van der Waals surface area (Å²) in [5.74, 6) is 0.610. The Bertz CT molecular complexity index is 1140. The average molecular weight is 495 g/mol. The molecule has 0 aliphatic carbocycles. The number of nitro groups is 1. The summed E-state index contributed by atoms with van der Waals surface area (Å²) in [5, 5.41) is 17.1. The monoisotopic (exact) mass is 495 g/mol. The second-order valence-corrected chi connectivity index (χ2v) is 8.24. The first-order valence-electron chi connectivity index (χ1n) is 10.9. The molecule has 14 heteroatoms. The summed E-state index contributed by atoms with van der Waals surface area (Å²) in [7, 11) is 1.62. The van der Waals surface area contributed by atoms with E-state index in [1.54, 1.807) is 23.8 Å². The zero-order valence-corrected chi connectivity index (χ0v) is 19.1. The SMILES string of the molecule is CNc1nc2c(c(N[C@H](C)c3cc([N+](=O)[O-])cc(C(F)(F)F)c3)n1)CN(C(=O)N1CCOCC1)C2. The van der Waals surface area contributed by atoms with Crippen molar-refractivity contribution in [3.8, 4) is 0 Å². The van der Waals surface area contributed by atoms with Crippen molar-refractivity contribution in [1.29, 1.82) is 0 Å². The number of hydrogen-bond donors (Lipinski definition) is 2. The number of nitrogens with one attached hydrogen (secondary N) is 2. The van der Waals surface area contributed by atoms with Gasteiger partial charge in [-0.1, -0.05) is 0 Å². The van der Waals surface area contributed by atoms with E-state index in [-0.39, 0.29) is 30.6 Å². The predicted molar refractivity (Wildman–Crippen MR) is 119 cm³/mol. The maximum absolute atomic E-state index is 13.3. The predicted octanol–water partition coefficient (Wildman–Crippen LogP) is 3.39.